The Bertz CT molecular complexity index is 880. The number of rotatable bonds is 27. The number of carbonyl (C=O) groups is 3. The molecule has 11 nitrogen and oxygen atoms in total. The lowest BCUT2D eigenvalue weighted by atomic mass is 10.0. The van der Waals surface area contributed by atoms with Crippen molar-refractivity contribution in [2.75, 3.05) is 39.3 Å². The summed E-state index contributed by atoms with van der Waals surface area (Å²) in [4.78, 5) is 44.1. The minimum atomic E-state index is -0.616. The van der Waals surface area contributed by atoms with Crippen LogP contribution in [0.2, 0.25) is 0 Å². The van der Waals surface area contributed by atoms with Gasteiger partial charge in [-0.1, -0.05) is 89.1 Å². The number of carbonyl (C=O) groups excluding carboxylic acids is 3. The maximum absolute atomic E-state index is 12.9. The smallest absolute Gasteiger partial charge is 0.410 e. The van der Waals surface area contributed by atoms with Gasteiger partial charge >= 0.3 is 12.2 Å². The molecule has 0 aliphatic carbocycles. The molecule has 0 aromatic rings. The number of amides is 3. The second-order valence-corrected chi connectivity index (χ2v) is 14.6. The lowest BCUT2D eigenvalue weighted by molar-refractivity contribution is -0.121. The predicted octanol–water partition coefficient (Wildman–Crippen LogP) is 9.93. The summed E-state index contributed by atoms with van der Waals surface area (Å²) >= 11 is 0. The zero-order valence-electron chi connectivity index (χ0n) is 31.2. The van der Waals surface area contributed by atoms with Crippen molar-refractivity contribution in [2.45, 2.75) is 175 Å². The van der Waals surface area contributed by atoms with Crippen molar-refractivity contribution in [3.63, 3.8) is 0 Å². The van der Waals surface area contributed by atoms with E-state index in [0.29, 0.717) is 71.4 Å². The highest BCUT2D eigenvalue weighted by atomic mass is 16.6. The minimum absolute atomic E-state index is 0.0691. The summed E-state index contributed by atoms with van der Waals surface area (Å²) in [7, 11) is 0. The van der Waals surface area contributed by atoms with Gasteiger partial charge < -0.3 is 24.6 Å². The van der Waals surface area contributed by atoms with Crippen molar-refractivity contribution in [3.05, 3.63) is 10.4 Å². The Labute approximate surface area is 286 Å². The van der Waals surface area contributed by atoms with Gasteiger partial charge in [0.25, 0.3) is 0 Å². The van der Waals surface area contributed by atoms with E-state index in [4.69, 9.17) is 15.0 Å². The van der Waals surface area contributed by atoms with Crippen molar-refractivity contribution in [1.29, 1.82) is 0 Å². The number of unbranched alkanes of at least 4 members (excludes halogenated alkanes) is 13. The quantitative estimate of drug-likeness (QED) is 0.0402. The molecule has 0 atom stereocenters. The zero-order valence-corrected chi connectivity index (χ0v) is 31.2. The number of azide groups is 1. The number of hydrogen-bond donors (Lipinski definition) is 1. The molecule has 0 aromatic heterocycles. The molecule has 0 aromatic carbocycles. The molecule has 0 heterocycles. The van der Waals surface area contributed by atoms with Gasteiger partial charge in [0.05, 0.1) is 0 Å². The van der Waals surface area contributed by atoms with E-state index in [1.807, 2.05) is 41.5 Å². The van der Waals surface area contributed by atoms with Gasteiger partial charge in [0.15, 0.2) is 0 Å². The second kappa shape index (κ2) is 27.3. The molecule has 274 valence electrons. The fourth-order valence-corrected chi connectivity index (χ4v) is 5.11. The van der Waals surface area contributed by atoms with Crippen LogP contribution in [0.5, 0.6) is 0 Å². The first kappa shape index (κ1) is 44.3. The summed E-state index contributed by atoms with van der Waals surface area (Å²) in [6.07, 6.45) is 18.9. The molecule has 0 spiro atoms. The molecule has 0 bridgehead atoms. The van der Waals surface area contributed by atoms with Crippen LogP contribution in [-0.2, 0) is 14.3 Å². The molecule has 47 heavy (non-hydrogen) atoms. The Morgan fingerprint density at radius 2 is 1.02 bits per heavy atom. The molecule has 0 saturated carbocycles. The second-order valence-electron chi connectivity index (χ2n) is 14.6. The third-order valence-corrected chi connectivity index (χ3v) is 7.59. The first-order chi connectivity index (χ1) is 22.3. The van der Waals surface area contributed by atoms with Gasteiger partial charge in [0, 0.05) is 50.6 Å². The van der Waals surface area contributed by atoms with Crippen molar-refractivity contribution in [3.8, 4) is 0 Å². The summed E-state index contributed by atoms with van der Waals surface area (Å²) in [5.74, 6) is 0.0691. The zero-order chi connectivity index (χ0) is 35.4. The van der Waals surface area contributed by atoms with Crippen LogP contribution < -0.4 is 5.32 Å². The molecule has 3 amide bonds. The Hall–Kier alpha value is -2.68. The van der Waals surface area contributed by atoms with Gasteiger partial charge in [-0.15, -0.1) is 0 Å². The van der Waals surface area contributed by atoms with Crippen LogP contribution in [0.1, 0.15) is 164 Å². The summed E-state index contributed by atoms with van der Waals surface area (Å²) in [5, 5.41) is 6.56. The topological polar surface area (TPSA) is 137 Å². The molecule has 0 radical (unpaired) electrons. The predicted molar refractivity (Wildman–Crippen MR) is 191 cm³/mol. The normalized spacial score (nSPS) is 11.5. The summed E-state index contributed by atoms with van der Waals surface area (Å²) < 4.78 is 11.2. The van der Waals surface area contributed by atoms with E-state index in [1.54, 1.807) is 9.80 Å². The highest BCUT2D eigenvalue weighted by Crippen LogP contribution is 2.15. The monoisotopic (exact) mass is 667 g/mol. The molecule has 0 rings (SSSR count). The molecule has 0 fully saturated rings. The number of hydrogen-bond acceptors (Lipinski definition) is 6. The van der Waals surface area contributed by atoms with E-state index in [2.05, 4.69) is 22.3 Å². The average molecular weight is 667 g/mol. The summed E-state index contributed by atoms with van der Waals surface area (Å²) in [5.41, 5.74) is 7.30. The maximum atomic E-state index is 12.9. The molecule has 1 N–H and O–H groups in total. The number of nitrogens with one attached hydrogen (secondary N) is 1. The van der Waals surface area contributed by atoms with Gasteiger partial charge in [0.2, 0.25) is 5.91 Å². The van der Waals surface area contributed by atoms with E-state index >= 15 is 0 Å². The van der Waals surface area contributed by atoms with E-state index in [0.717, 1.165) is 12.8 Å². The van der Waals surface area contributed by atoms with Crippen LogP contribution in [0.15, 0.2) is 5.11 Å². The first-order valence-electron chi connectivity index (χ1n) is 18.5. The van der Waals surface area contributed by atoms with Gasteiger partial charge in [0.1, 0.15) is 11.2 Å². The highest BCUT2D eigenvalue weighted by Gasteiger charge is 2.23. The lowest BCUT2D eigenvalue weighted by Gasteiger charge is -2.29. The lowest BCUT2D eigenvalue weighted by Crippen LogP contribution is -2.40. The van der Waals surface area contributed by atoms with Crippen LogP contribution in [0.3, 0.4) is 0 Å². The van der Waals surface area contributed by atoms with E-state index in [9.17, 15) is 14.4 Å². The first-order valence-corrected chi connectivity index (χ1v) is 18.5. The van der Waals surface area contributed by atoms with E-state index in [-0.39, 0.29) is 12.0 Å². The van der Waals surface area contributed by atoms with Gasteiger partial charge in [-0.3, -0.25) is 4.79 Å². The van der Waals surface area contributed by atoms with Gasteiger partial charge in [-0.05, 0) is 79.2 Å². The van der Waals surface area contributed by atoms with Crippen LogP contribution in [0.25, 0.3) is 10.4 Å². The van der Waals surface area contributed by atoms with Crippen LogP contribution >= 0.6 is 0 Å². The molecule has 11 heteroatoms. The van der Waals surface area contributed by atoms with E-state index in [1.165, 1.54) is 70.6 Å². The maximum Gasteiger partial charge on any atom is 0.410 e. The largest absolute Gasteiger partial charge is 0.444 e. The number of nitrogens with zero attached hydrogens (tertiary/aromatic N) is 5. The summed E-state index contributed by atoms with van der Waals surface area (Å²) in [6, 6.07) is 0. The van der Waals surface area contributed by atoms with Crippen LogP contribution in [-0.4, -0.2) is 78.4 Å². The molecule has 0 saturated heterocycles. The van der Waals surface area contributed by atoms with Crippen LogP contribution in [0, 0.1) is 0 Å². The highest BCUT2D eigenvalue weighted by molar-refractivity contribution is 5.75. The Balaban J connectivity index is 4.44. The fraction of sp³-hybridized carbons (Fsp3) is 0.917. The Morgan fingerprint density at radius 3 is 1.45 bits per heavy atom. The van der Waals surface area contributed by atoms with Crippen molar-refractivity contribution < 1.29 is 23.9 Å². The van der Waals surface area contributed by atoms with Crippen molar-refractivity contribution in [1.82, 2.24) is 15.1 Å². The van der Waals surface area contributed by atoms with Crippen molar-refractivity contribution >= 4 is 18.1 Å². The average Bonchev–Trinajstić information content (AvgIpc) is 2.97. The fourth-order valence-electron chi connectivity index (χ4n) is 5.11. The minimum Gasteiger partial charge on any atom is -0.444 e. The molecule has 0 aliphatic rings. The van der Waals surface area contributed by atoms with Crippen molar-refractivity contribution in [2.24, 2.45) is 5.11 Å². The molecular weight excluding hydrogens is 596 g/mol. The molecule has 0 aliphatic heterocycles. The Morgan fingerprint density at radius 1 is 0.617 bits per heavy atom. The number of ether oxygens (including phenoxy) is 2. The SMILES string of the molecule is CCCCCCCCCCCCCCCC(=O)NCCCN(CCCCN(CCCN=[N+]=[N-])C(=O)OC(C)(C)C)C(=O)OC(C)(C)C. The van der Waals surface area contributed by atoms with Gasteiger partial charge in [-0.2, -0.15) is 0 Å². The van der Waals surface area contributed by atoms with Crippen LogP contribution in [0.4, 0.5) is 9.59 Å². The standard InChI is InChI=1S/C36H70N6O5/c1-8-9-10-11-12-13-14-15-16-17-18-19-20-25-32(43)38-26-23-30-41(33(44)46-35(2,3)4)28-21-22-29-42(31-24-27-39-40-37)34(45)47-36(5,6)7/h8-31H2,1-7H3,(H,38,43). The third kappa shape index (κ3) is 29.2. The van der Waals surface area contributed by atoms with Gasteiger partial charge in [-0.25, -0.2) is 9.59 Å². The molecule has 0 unspecified atom stereocenters. The van der Waals surface area contributed by atoms with E-state index < -0.39 is 17.3 Å². The third-order valence-electron chi connectivity index (χ3n) is 7.59. The summed E-state index contributed by atoms with van der Waals surface area (Å²) in [6.45, 7) is 15.9. The Kier molecular flexibility index (Phi) is 25.7. The molecular formula is C36H70N6O5.